The van der Waals surface area contributed by atoms with Gasteiger partial charge in [0, 0.05) is 24.4 Å². The van der Waals surface area contributed by atoms with Crippen molar-refractivity contribution in [1.29, 1.82) is 0 Å². The molecule has 13 heteroatoms. The van der Waals surface area contributed by atoms with Crippen LogP contribution < -0.4 is 10.6 Å². The summed E-state index contributed by atoms with van der Waals surface area (Å²) in [6.45, 7) is 1.82. The van der Waals surface area contributed by atoms with Crippen molar-refractivity contribution in [2.24, 2.45) is 5.92 Å². The maximum Gasteiger partial charge on any atom is 0.295 e. The monoisotopic (exact) mass is 501 g/mol. The summed E-state index contributed by atoms with van der Waals surface area (Å²) in [5.41, 5.74) is 1.81. The fourth-order valence-electron chi connectivity index (χ4n) is 3.61. The van der Waals surface area contributed by atoms with Crippen LogP contribution in [0.1, 0.15) is 30.8 Å². The van der Waals surface area contributed by atoms with Crippen LogP contribution in [0.2, 0.25) is 0 Å². The second-order valence-corrected chi connectivity index (χ2v) is 10.4. The number of pyridine rings is 1. The molecule has 3 aromatic heterocycles. The molecule has 0 unspecified atom stereocenters. The predicted molar refractivity (Wildman–Crippen MR) is 125 cm³/mol. The summed E-state index contributed by atoms with van der Waals surface area (Å²) in [4.78, 5) is 22.8. The molecule has 1 aromatic carbocycles. The van der Waals surface area contributed by atoms with Crippen molar-refractivity contribution in [1.82, 2.24) is 24.7 Å². The Balaban J connectivity index is 1.59. The Morgan fingerprint density at radius 1 is 1.17 bits per heavy atom. The third-order valence-corrected chi connectivity index (χ3v) is 6.64. The molecule has 0 radical (unpaired) electrons. The summed E-state index contributed by atoms with van der Waals surface area (Å²) in [5.74, 6) is -0.774. The second kappa shape index (κ2) is 8.41. The number of benzene rings is 1. The van der Waals surface area contributed by atoms with Gasteiger partial charge in [0.1, 0.15) is 11.3 Å². The van der Waals surface area contributed by atoms with E-state index < -0.39 is 22.1 Å². The molecule has 1 aliphatic carbocycles. The number of carbonyl (C=O) groups is 1. The zero-order valence-corrected chi connectivity index (χ0v) is 19.5. The minimum absolute atomic E-state index is 0.0266. The zero-order chi connectivity index (χ0) is 24.9. The highest BCUT2D eigenvalue weighted by Gasteiger charge is 2.30. The Labute approximate surface area is 198 Å². The maximum absolute atomic E-state index is 13.3. The van der Waals surface area contributed by atoms with Crippen LogP contribution in [0.15, 0.2) is 41.4 Å². The van der Waals surface area contributed by atoms with Gasteiger partial charge in [-0.2, -0.15) is 5.10 Å². The molecule has 3 N–H and O–H groups in total. The Bertz CT molecular complexity index is 1560. The van der Waals surface area contributed by atoms with E-state index in [2.05, 4.69) is 30.7 Å². The number of rotatable bonds is 7. The largest absolute Gasteiger partial charge is 0.352 e. The number of H-pyrrole nitrogens is 1. The number of nitrogens with one attached hydrogen (secondary N) is 3. The lowest BCUT2D eigenvalue weighted by molar-refractivity contribution is -0.117. The van der Waals surface area contributed by atoms with Crippen molar-refractivity contribution in [2.75, 3.05) is 16.9 Å². The van der Waals surface area contributed by atoms with Gasteiger partial charge in [-0.1, -0.05) is 0 Å². The lowest BCUT2D eigenvalue weighted by atomic mass is 10.2. The number of aromatic amines is 1. The van der Waals surface area contributed by atoms with Gasteiger partial charge in [-0.05, 0) is 44.0 Å². The Morgan fingerprint density at radius 2 is 1.94 bits per heavy atom. The number of hydrogen-bond acceptors (Lipinski definition) is 7. The van der Waals surface area contributed by atoms with Crippen molar-refractivity contribution in [3.05, 3.63) is 48.0 Å². The van der Waals surface area contributed by atoms with Gasteiger partial charge in [-0.15, -0.1) is 0 Å². The number of alkyl halides is 2. The smallest absolute Gasteiger partial charge is 0.295 e. The molecule has 10 nitrogen and oxygen atoms in total. The molecule has 5 rings (SSSR count). The summed E-state index contributed by atoms with van der Waals surface area (Å²) >= 11 is 0. The first-order valence-electron chi connectivity index (χ1n) is 10.7. The van der Waals surface area contributed by atoms with Crippen LogP contribution in [-0.2, 0) is 14.6 Å². The lowest BCUT2D eigenvalue weighted by Gasteiger charge is -2.14. The zero-order valence-electron chi connectivity index (χ0n) is 18.7. The quantitative estimate of drug-likeness (QED) is 0.350. The average molecular weight is 502 g/mol. The minimum atomic E-state index is -3.71. The van der Waals surface area contributed by atoms with Crippen molar-refractivity contribution >= 4 is 44.1 Å². The molecule has 0 saturated heterocycles. The van der Waals surface area contributed by atoms with E-state index in [1.807, 2.05) is 6.92 Å². The molecule has 3 heterocycles. The number of imidazole rings is 1. The van der Waals surface area contributed by atoms with Crippen molar-refractivity contribution in [3.63, 3.8) is 0 Å². The third kappa shape index (κ3) is 4.71. The molecule has 35 heavy (non-hydrogen) atoms. The van der Waals surface area contributed by atoms with Crippen LogP contribution in [0.4, 0.5) is 26.0 Å². The number of amides is 1. The highest BCUT2D eigenvalue weighted by molar-refractivity contribution is 7.90. The van der Waals surface area contributed by atoms with Crippen LogP contribution in [0.3, 0.4) is 0 Å². The fourth-order valence-corrected chi connectivity index (χ4v) is 4.47. The molecule has 0 aliphatic heterocycles. The van der Waals surface area contributed by atoms with Gasteiger partial charge in [0.25, 0.3) is 6.43 Å². The number of halogens is 2. The summed E-state index contributed by atoms with van der Waals surface area (Å²) in [7, 11) is -3.71. The maximum atomic E-state index is 13.3. The molecule has 1 fully saturated rings. The molecule has 182 valence electrons. The van der Waals surface area contributed by atoms with Crippen molar-refractivity contribution in [3.8, 4) is 5.69 Å². The van der Waals surface area contributed by atoms with Gasteiger partial charge >= 0.3 is 0 Å². The summed E-state index contributed by atoms with van der Waals surface area (Å²) in [6, 6.07) is 7.92. The summed E-state index contributed by atoms with van der Waals surface area (Å²) in [5, 5.41) is 9.98. The number of aromatic nitrogens is 5. The van der Waals surface area contributed by atoms with E-state index in [0.29, 0.717) is 5.69 Å². The molecule has 1 saturated carbocycles. The number of fused-ring (bicyclic) bond motifs is 1. The van der Waals surface area contributed by atoms with Crippen LogP contribution in [0.25, 0.3) is 16.9 Å². The number of anilines is 3. The fraction of sp³-hybridized carbons (Fsp3) is 0.273. The summed E-state index contributed by atoms with van der Waals surface area (Å²) < 4.78 is 53.4. The standard InChI is InChI=1S/C22H21F2N7O3S/c1-11-7-8-31(30-11)13-5-6-14(16(9-13)35(2,33)34)25-15-10-17(27-22(32)12-3-4-12)26-20-18(15)28-21(29-20)19(23)24/h5-10,12,19H,3-4H2,1-2H3,(H3,25,26,27,28,29,32). The van der Waals surface area contributed by atoms with E-state index in [1.165, 1.54) is 12.1 Å². The van der Waals surface area contributed by atoms with Gasteiger partial charge in [-0.25, -0.2) is 31.8 Å². The third-order valence-electron chi connectivity index (χ3n) is 5.50. The lowest BCUT2D eigenvalue weighted by Crippen LogP contribution is -2.14. The molecular formula is C22H21F2N7O3S. The van der Waals surface area contributed by atoms with Crippen molar-refractivity contribution in [2.45, 2.75) is 31.1 Å². The first-order valence-corrected chi connectivity index (χ1v) is 12.6. The van der Waals surface area contributed by atoms with E-state index in [4.69, 9.17) is 0 Å². The second-order valence-electron chi connectivity index (χ2n) is 8.42. The van der Waals surface area contributed by atoms with Gasteiger partial charge in [0.15, 0.2) is 21.3 Å². The Kier molecular flexibility index (Phi) is 5.50. The van der Waals surface area contributed by atoms with Gasteiger partial charge < -0.3 is 15.6 Å². The average Bonchev–Trinajstić information content (AvgIpc) is 3.41. The topological polar surface area (TPSA) is 135 Å². The number of nitrogens with zero attached hydrogens (tertiary/aromatic N) is 4. The Morgan fingerprint density at radius 3 is 2.57 bits per heavy atom. The number of hydrogen-bond donors (Lipinski definition) is 3. The van der Waals surface area contributed by atoms with Crippen LogP contribution in [-0.4, -0.2) is 45.3 Å². The van der Waals surface area contributed by atoms with Crippen LogP contribution in [0, 0.1) is 12.8 Å². The first kappa shape index (κ1) is 22.9. The SMILES string of the molecule is Cc1ccn(-c2ccc(Nc3cc(NC(=O)C4CC4)nc4[nH]c(C(F)F)nc34)c(S(C)(=O)=O)c2)n1. The van der Waals surface area contributed by atoms with Gasteiger partial charge in [0.05, 0.1) is 27.7 Å². The van der Waals surface area contributed by atoms with E-state index >= 15 is 0 Å². The number of carbonyl (C=O) groups excluding carboxylic acids is 1. The number of sulfone groups is 1. The van der Waals surface area contributed by atoms with E-state index in [0.717, 1.165) is 24.8 Å². The van der Waals surface area contributed by atoms with E-state index in [1.54, 1.807) is 29.1 Å². The molecule has 0 spiro atoms. The number of aryl methyl sites for hydroxylation is 1. The van der Waals surface area contributed by atoms with E-state index in [-0.39, 0.29) is 45.1 Å². The van der Waals surface area contributed by atoms with Gasteiger partial charge in [-0.3, -0.25) is 4.79 Å². The predicted octanol–water partition coefficient (Wildman–Crippen LogP) is 3.89. The van der Waals surface area contributed by atoms with Crippen molar-refractivity contribution < 1.29 is 22.0 Å². The molecule has 0 atom stereocenters. The van der Waals surface area contributed by atoms with Gasteiger partial charge in [0.2, 0.25) is 5.91 Å². The molecular weight excluding hydrogens is 480 g/mol. The van der Waals surface area contributed by atoms with Crippen LogP contribution >= 0.6 is 0 Å². The molecule has 1 amide bonds. The van der Waals surface area contributed by atoms with Crippen LogP contribution in [0.5, 0.6) is 0 Å². The molecule has 1 aliphatic rings. The molecule has 0 bridgehead atoms. The highest BCUT2D eigenvalue weighted by Crippen LogP contribution is 2.34. The normalized spacial score (nSPS) is 14.0. The summed E-state index contributed by atoms with van der Waals surface area (Å²) in [6.07, 6.45) is 1.46. The van der Waals surface area contributed by atoms with E-state index in [9.17, 15) is 22.0 Å². The highest BCUT2D eigenvalue weighted by atomic mass is 32.2. The minimum Gasteiger partial charge on any atom is -0.352 e. The first-order chi connectivity index (χ1) is 16.6. The molecule has 4 aromatic rings. The Hall–Kier alpha value is -3.87.